The molecule has 0 aromatic heterocycles. The number of hydrogen-bond acceptors (Lipinski definition) is 3. The van der Waals surface area contributed by atoms with Crippen LogP contribution in [0.4, 0.5) is 0 Å². The van der Waals surface area contributed by atoms with Gasteiger partial charge in [-0.15, -0.1) is 24.0 Å². The number of hydrogen-bond donors (Lipinski definition) is 2. The van der Waals surface area contributed by atoms with Crippen LogP contribution >= 0.6 is 24.0 Å². The number of rotatable bonds is 5. The maximum absolute atomic E-state index is 5.47. The van der Waals surface area contributed by atoms with E-state index in [4.69, 9.17) is 4.74 Å². The lowest BCUT2D eigenvalue weighted by Gasteiger charge is -2.48. The molecule has 2 N–H and O–H groups in total. The molecule has 3 aliphatic rings. The minimum atomic E-state index is 0. The monoisotopic (exact) mass is 464 g/mol. The summed E-state index contributed by atoms with van der Waals surface area (Å²) in [6.45, 7) is 6.38. The Kier molecular flexibility index (Phi) is 9.27. The van der Waals surface area contributed by atoms with Crippen molar-refractivity contribution in [3.8, 4) is 0 Å². The maximum Gasteiger partial charge on any atom is 0.191 e. The lowest BCUT2D eigenvalue weighted by molar-refractivity contribution is 0.0368. The Balaban J connectivity index is 0.00000225. The number of piperidine rings is 1. The van der Waals surface area contributed by atoms with Crippen LogP contribution in [0.5, 0.6) is 0 Å². The first-order valence-corrected chi connectivity index (χ1v) is 10.1. The second kappa shape index (κ2) is 10.9. The zero-order valence-corrected chi connectivity index (χ0v) is 18.2. The van der Waals surface area contributed by atoms with Crippen molar-refractivity contribution < 1.29 is 4.74 Å². The molecule has 3 fully saturated rings. The molecule has 1 saturated carbocycles. The topological polar surface area (TPSA) is 48.9 Å². The number of nitrogens with zero attached hydrogens (tertiary/aromatic N) is 2. The Labute approximate surface area is 170 Å². The zero-order chi connectivity index (χ0) is 16.7. The fraction of sp³-hybridized carbons (Fsp3) is 0.947. The summed E-state index contributed by atoms with van der Waals surface area (Å²) in [6.07, 6.45) is 12.2. The van der Waals surface area contributed by atoms with Crippen molar-refractivity contribution in [1.82, 2.24) is 15.5 Å². The molecule has 3 rings (SSSR count). The first kappa shape index (κ1) is 21.2. The van der Waals surface area contributed by atoms with Crippen molar-refractivity contribution in [2.24, 2.45) is 10.9 Å². The van der Waals surface area contributed by atoms with Crippen LogP contribution in [0.25, 0.3) is 0 Å². The second-order valence-electron chi connectivity index (χ2n) is 7.87. The fourth-order valence-corrected chi connectivity index (χ4v) is 4.64. The first-order valence-electron chi connectivity index (χ1n) is 10.1. The minimum absolute atomic E-state index is 0. The lowest BCUT2D eigenvalue weighted by atomic mass is 9.79. The van der Waals surface area contributed by atoms with E-state index in [1.54, 1.807) is 0 Å². The number of ether oxygens (including phenoxy) is 1. The van der Waals surface area contributed by atoms with E-state index in [9.17, 15) is 0 Å². The molecule has 1 atom stereocenters. The highest BCUT2D eigenvalue weighted by molar-refractivity contribution is 14.0. The molecule has 1 unspecified atom stereocenters. The van der Waals surface area contributed by atoms with Gasteiger partial charge in [0.2, 0.25) is 0 Å². The maximum atomic E-state index is 5.47. The molecule has 0 amide bonds. The molecule has 25 heavy (non-hydrogen) atoms. The second-order valence-corrected chi connectivity index (χ2v) is 7.87. The number of likely N-dealkylation sites (tertiary alicyclic amines) is 1. The highest BCUT2D eigenvalue weighted by Gasteiger charge is 2.38. The summed E-state index contributed by atoms with van der Waals surface area (Å²) in [7, 11) is 1.88. The first-order chi connectivity index (χ1) is 11.8. The van der Waals surface area contributed by atoms with Crippen LogP contribution < -0.4 is 10.6 Å². The van der Waals surface area contributed by atoms with Gasteiger partial charge in [0.15, 0.2) is 5.96 Å². The predicted molar refractivity (Wildman–Crippen MR) is 115 cm³/mol. The predicted octanol–water partition coefficient (Wildman–Crippen LogP) is 2.99. The Morgan fingerprint density at radius 2 is 1.80 bits per heavy atom. The molecule has 5 nitrogen and oxygen atoms in total. The van der Waals surface area contributed by atoms with Crippen LogP contribution in [0.2, 0.25) is 0 Å². The molecule has 2 heterocycles. The van der Waals surface area contributed by atoms with Gasteiger partial charge in [0.25, 0.3) is 0 Å². The van der Waals surface area contributed by atoms with Gasteiger partial charge in [-0.2, -0.15) is 0 Å². The van der Waals surface area contributed by atoms with E-state index in [1.165, 1.54) is 70.9 Å². The molecule has 0 aromatic rings. The van der Waals surface area contributed by atoms with E-state index in [-0.39, 0.29) is 24.0 Å². The average Bonchev–Trinajstić information content (AvgIpc) is 3.17. The third kappa shape index (κ3) is 5.96. The molecule has 0 spiro atoms. The third-order valence-corrected chi connectivity index (χ3v) is 6.20. The summed E-state index contributed by atoms with van der Waals surface area (Å²) >= 11 is 0. The number of aliphatic imine (C=N–C) groups is 1. The van der Waals surface area contributed by atoms with Gasteiger partial charge in [-0.05, 0) is 45.2 Å². The van der Waals surface area contributed by atoms with Crippen molar-refractivity contribution in [2.75, 3.05) is 46.4 Å². The van der Waals surface area contributed by atoms with Crippen molar-refractivity contribution in [3.63, 3.8) is 0 Å². The molecule has 2 saturated heterocycles. The summed E-state index contributed by atoms with van der Waals surface area (Å²) in [4.78, 5) is 7.24. The highest BCUT2D eigenvalue weighted by Crippen LogP contribution is 2.35. The summed E-state index contributed by atoms with van der Waals surface area (Å²) in [6, 6.07) is 0. The SMILES string of the molecule is CN=C(NCC1CCOC1)NCC1(N2CCCCC2)CCCCC1.I. The van der Waals surface area contributed by atoms with Crippen molar-refractivity contribution in [3.05, 3.63) is 0 Å². The largest absolute Gasteiger partial charge is 0.381 e. The van der Waals surface area contributed by atoms with Gasteiger partial charge in [0, 0.05) is 38.2 Å². The summed E-state index contributed by atoms with van der Waals surface area (Å²) < 4.78 is 5.47. The van der Waals surface area contributed by atoms with Crippen LogP contribution in [0, 0.1) is 5.92 Å². The van der Waals surface area contributed by atoms with Gasteiger partial charge in [-0.25, -0.2) is 0 Å². The standard InChI is InChI=1S/C19H36N4O.HI/c1-20-18(21-14-17-8-13-24-15-17)22-16-19(9-4-2-5-10-19)23-11-6-3-7-12-23;/h17H,2-16H2,1H3,(H2,20,21,22);1H. The molecule has 0 bridgehead atoms. The van der Waals surface area contributed by atoms with Crippen LogP contribution in [0.15, 0.2) is 4.99 Å². The van der Waals surface area contributed by atoms with Gasteiger partial charge < -0.3 is 15.4 Å². The molecule has 2 aliphatic heterocycles. The third-order valence-electron chi connectivity index (χ3n) is 6.20. The van der Waals surface area contributed by atoms with E-state index in [1.807, 2.05) is 7.05 Å². The van der Waals surface area contributed by atoms with Gasteiger partial charge in [-0.3, -0.25) is 9.89 Å². The van der Waals surface area contributed by atoms with Crippen LogP contribution in [-0.2, 0) is 4.74 Å². The Morgan fingerprint density at radius 3 is 2.44 bits per heavy atom. The molecule has 6 heteroatoms. The molecule has 0 aromatic carbocycles. The van der Waals surface area contributed by atoms with E-state index in [0.717, 1.165) is 32.3 Å². The minimum Gasteiger partial charge on any atom is -0.381 e. The molecule has 0 radical (unpaired) electrons. The van der Waals surface area contributed by atoms with Gasteiger partial charge in [0.05, 0.1) is 6.61 Å². The smallest absolute Gasteiger partial charge is 0.191 e. The summed E-state index contributed by atoms with van der Waals surface area (Å²) in [5.74, 6) is 1.60. The quantitative estimate of drug-likeness (QED) is 0.373. The van der Waals surface area contributed by atoms with Crippen LogP contribution in [0.3, 0.4) is 0 Å². The van der Waals surface area contributed by atoms with E-state index < -0.39 is 0 Å². The number of halogens is 1. The van der Waals surface area contributed by atoms with Crippen LogP contribution in [-0.4, -0.2) is 62.8 Å². The van der Waals surface area contributed by atoms with Gasteiger partial charge in [0.1, 0.15) is 0 Å². The summed E-state index contributed by atoms with van der Waals surface area (Å²) in [5.41, 5.74) is 0.354. The average molecular weight is 464 g/mol. The Bertz CT molecular complexity index is 400. The molecule has 146 valence electrons. The lowest BCUT2D eigenvalue weighted by Crippen LogP contribution is -2.59. The van der Waals surface area contributed by atoms with Crippen LogP contribution in [0.1, 0.15) is 57.8 Å². The van der Waals surface area contributed by atoms with Crippen molar-refractivity contribution >= 4 is 29.9 Å². The Morgan fingerprint density at radius 1 is 1.08 bits per heavy atom. The fourth-order valence-electron chi connectivity index (χ4n) is 4.64. The number of guanidine groups is 1. The molecular formula is C19H37IN4O. The van der Waals surface area contributed by atoms with Crippen molar-refractivity contribution in [2.45, 2.75) is 63.3 Å². The zero-order valence-electron chi connectivity index (χ0n) is 15.9. The van der Waals surface area contributed by atoms with Gasteiger partial charge >= 0.3 is 0 Å². The van der Waals surface area contributed by atoms with Gasteiger partial charge in [-0.1, -0.05) is 25.7 Å². The van der Waals surface area contributed by atoms with Crippen molar-refractivity contribution in [1.29, 1.82) is 0 Å². The van der Waals surface area contributed by atoms with E-state index >= 15 is 0 Å². The normalized spacial score (nSPS) is 27.6. The summed E-state index contributed by atoms with van der Waals surface area (Å²) in [5, 5.41) is 7.17. The number of nitrogens with one attached hydrogen (secondary N) is 2. The highest BCUT2D eigenvalue weighted by atomic mass is 127. The molecular weight excluding hydrogens is 427 g/mol. The Hall–Kier alpha value is -0.0800. The van der Waals surface area contributed by atoms with E-state index in [2.05, 4.69) is 20.5 Å². The molecule has 1 aliphatic carbocycles. The van der Waals surface area contributed by atoms with E-state index in [0.29, 0.717) is 11.5 Å².